The van der Waals surface area contributed by atoms with Gasteiger partial charge in [-0.15, -0.1) is 0 Å². The highest BCUT2D eigenvalue weighted by molar-refractivity contribution is 6.03. The molecule has 0 saturated carbocycles. The summed E-state index contributed by atoms with van der Waals surface area (Å²) in [7, 11) is 0. The van der Waals surface area contributed by atoms with Crippen LogP contribution in [0.25, 0.3) is 44.3 Å². The van der Waals surface area contributed by atoms with Crippen molar-refractivity contribution in [1.29, 1.82) is 0 Å². The molecule has 0 aromatic carbocycles. The summed E-state index contributed by atoms with van der Waals surface area (Å²) in [5, 5.41) is 4.74. The van der Waals surface area contributed by atoms with Gasteiger partial charge in [0.25, 0.3) is 0 Å². The average Bonchev–Trinajstić information content (AvgIpc) is 3.40. The van der Waals surface area contributed by atoms with Gasteiger partial charge in [0, 0.05) is 52.9 Å². The molecule has 7 heteroatoms. The molecule has 5 rings (SSSR count). The molecule has 0 aliphatic rings. The van der Waals surface area contributed by atoms with Crippen LogP contribution in [0.1, 0.15) is 0 Å². The first-order chi connectivity index (χ1) is 14.2. The Kier molecular flexibility index (Phi) is 3.91. The number of rotatable bonds is 4. The first kappa shape index (κ1) is 16.9. The average molecular weight is 380 g/mol. The number of pyridine rings is 3. The van der Waals surface area contributed by atoms with Crippen LogP contribution in [0, 0.1) is 0 Å². The summed E-state index contributed by atoms with van der Waals surface area (Å²) >= 11 is 0. The number of nitrogens with zero attached hydrogens (tertiary/aromatic N) is 3. The van der Waals surface area contributed by atoms with E-state index in [0.717, 1.165) is 44.3 Å². The van der Waals surface area contributed by atoms with E-state index in [9.17, 15) is 4.79 Å². The van der Waals surface area contributed by atoms with Crippen LogP contribution in [0.5, 0.6) is 0 Å². The van der Waals surface area contributed by atoms with E-state index in [1.54, 1.807) is 18.6 Å². The third-order valence-electron chi connectivity index (χ3n) is 4.81. The van der Waals surface area contributed by atoms with E-state index in [1.807, 2.05) is 36.7 Å². The Morgan fingerprint density at radius 1 is 0.931 bits per heavy atom. The van der Waals surface area contributed by atoms with Gasteiger partial charge < -0.3 is 15.3 Å². The van der Waals surface area contributed by atoms with Crippen molar-refractivity contribution in [1.82, 2.24) is 24.9 Å². The van der Waals surface area contributed by atoms with Crippen molar-refractivity contribution >= 4 is 33.8 Å². The molecule has 140 valence electrons. The first-order valence-corrected chi connectivity index (χ1v) is 9.02. The van der Waals surface area contributed by atoms with E-state index >= 15 is 0 Å². The van der Waals surface area contributed by atoms with E-state index in [2.05, 4.69) is 42.9 Å². The van der Waals surface area contributed by atoms with Crippen molar-refractivity contribution in [3.05, 3.63) is 74.0 Å². The SMILES string of the molecule is C=CC(=O)Nc1cc(-c2cnc3[nH]cc(-c4ccnc5[nH]ccc45)c3c2)ccn1. The topological polar surface area (TPSA) is 99.4 Å². The lowest BCUT2D eigenvalue weighted by atomic mass is 10.0. The maximum absolute atomic E-state index is 11.6. The van der Waals surface area contributed by atoms with Gasteiger partial charge in [-0.1, -0.05) is 6.58 Å². The van der Waals surface area contributed by atoms with Gasteiger partial charge in [-0.25, -0.2) is 15.0 Å². The Hall–Kier alpha value is -4.26. The molecule has 5 heterocycles. The van der Waals surface area contributed by atoms with E-state index in [0.29, 0.717) is 5.82 Å². The fourth-order valence-corrected chi connectivity index (χ4v) is 3.44. The molecular weight excluding hydrogens is 364 g/mol. The second-order valence-electron chi connectivity index (χ2n) is 6.54. The molecule has 0 fully saturated rings. The minimum atomic E-state index is -0.302. The van der Waals surface area contributed by atoms with Crippen LogP contribution in [-0.4, -0.2) is 30.8 Å². The second kappa shape index (κ2) is 6.72. The number of aromatic nitrogens is 5. The van der Waals surface area contributed by atoms with Crippen LogP contribution in [-0.2, 0) is 4.79 Å². The molecule has 0 unspecified atom stereocenters. The Bertz CT molecular complexity index is 1380. The number of hydrogen-bond acceptors (Lipinski definition) is 4. The predicted octanol–water partition coefficient (Wildman–Crippen LogP) is 4.29. The van der Waals surface area contributed by atoms with Crippen LogP contribution < -0.4 is 5.32 Å². The molecule has 7 nitrogen and oxygen atoms in total. The molecule has 0 atom stereocenters. The van der Waals surface area contributed by atoms with Crippen LogP contribution in [0.3, 0.4) is 0 Å². The van der Waals surface area contributed by atoms with E-state index < -0.39 is 0 Å². The zero-order chi connectivity index (χ0) is 19.8. The van der Waals surface area contributed by atoms with Crippen molar-refractivity contribution in [2.24, 2.45) is 0 Å². The van der Waals surface area contributed by atoms with E-state index in [4.69, 9.17) is 0 Å². The predicted molar refractivity (Wildman–Crippen MR) is 113 cm³/mol. The molecule has 29 heavy (non-hydrogen) atoms. The van der Waals surface area contributed by atoms with Gasteiger partial charge in [0.05, 0.1) is 0 Å². The van der Waals surface area contributed by atoms with E-state index in [-0.39, 0.29) is 5.91 Å². The minimum Gasteiger partial charge on any atom is -0.346 e. The summed E-state index contributed by atoms with van der Waals surface area (Å²) in [6.45, 7) is 3.46. The third-order valence-corrected chi connectivity index (χ3v) is 4.81. The molecule has 0 saturated heterocycles. The van der Waals surface area contributed by atoms with Gasteiger partial charge in [-0.2, -0.15) is 0 Å². The number of nitrogens with one attached hydrogen (secondary N) is 3. The van der Waals surface area contributed by atoms with Crippen molar-refractivity contribution < 1.29 is 4.79 Å². The second-order valence-corrected chi connectivity index (χ2v) is 6.54. The lowest BCUT2D eigenvalue weighted by Crippen LogP contribution is -2.08. The van der Waals surface area contributed by atoms with Gasteiger partial charge in [-0.3, -0.25) is 4.79 Å². The number of aromatic amines is 2. The number of H-pyrrole nitrogens is 2. The number of amides is 1. The monoisotopic (exact) mass is 380 g/mol. The summed E-state index contributed by atoms with van der Waals surface area (Å²) in [6, 6.07) is 9.80. The molecule has 0 aliphatic heterocycles. The van der Waals surface area contributed by atoms with E-state index in [1.165, 1.54) is 6.08 Å². The Morgan fingerprint density at radius 3 is 2.69 bits per heavy atom. The summed E-state index contributed by atoms with van der Waals surface area (Å²) in [4.78, 5) is 31.1. The largest absolute Gasteiger partial charge is 0.346 e. The summed E-state index contributed by atoms with van der Waals surface area (Å²) in [5.74, 6) is 0.161. The molecule has 5 aromatic heterocycles. The quantitative estimate of drug-likeness (QED) is 0.405. The lowest BCUT2D eigenvalue weighted by molar-refractivity contribution is -0.111. The number of fused-ring (bicyclic) bond motifs is 2. The normalized spacial score (nSPS) is 11.0. The fourth-order valence-electron chi connectivity index (χ4n) is 3.44. The molecule has 0 aliphatic carbocycles. The molecule has 0 radical (unpaired) electrons. The summed E-state index contributed by atoms with van der Waals surface area (Å²) in [6.07, 6.45) is 10.3. The maximum atomic E-state index is 11.6. The fraction of sp³-hybridized carbons (Fsp3) is 0. The lowest BCUT2D eigenvalue weighted by Gasteiger charge is -2.06. The van der Waals surface area contributed by atoms with Crippen molar-refractivity contribution in [3.8, 4) is 22.3 Å². The van der Waals surface area contributed by atoms with Crippen LogP contribution in [0.2, 0.25) is 0 Å². The van der Waals surface area contributed by atoms with Gasteiger partial charge in [0.1, 0.15) is 17.1 Å². The number of carbonyl (C=O) groups excluding carboxylic acids is 1. The number of carbonyl (C=O) groups is 1. The molecule has 0 bridgehead atoms. The Morgan fingerprint density at radius 2 is 1.79 bits per heavy atom. The van der Waals surface area contributed by atoms with Crippen molar-refractivity contribution in [3.63, 3.8) is 0 Å². The van der Waals surface area contributed by atoms with Gasteiger partial charge in [0.15, 0.2) is 0 Å². The minimum absolute atomic E-state index is 0.302. The summed E-state index contributed by atoms with van der Waals surface area (Å²) < 4.78 is 0. The van der Waals surface area contributed by atoms with Crippen molar-refractivity contribution in [2.75, 3.05) is 5.32 Å². The standard InChI is InChI=1S/C22H16N6O/c1-2-20(29)28-19-10-13(3-6-23-19)14-9-17-18(12-27-22(17)26-11-14)15-4-7-24-21-16(15)5-8-25-21/h2-12H,1H2,(H,24,25)(H,26,27)(H,23,28,29). The number of anilines is 1. The molecule has 3 N–H and O–H groups in total. The van der Waals surface area contributed by atoms with Crippen LogP contribution in [0.4, 0.5) is 5.82 Å². The highest BCUT2D eigenvalue weighted by Crippen LogP contribution is 2.34. The van der Waals surface area contributed by atoms with Gasteiger partial charge in [-0.05, 0) is 47.5 Å². The molecule has 5 aromatic rings. The Balaban J connectivity index is 1.62. The Labute approximate surface area is 165 Å². The molecule has 1 amide bonds. The zero-order valence-corrected chi connectivity index (χ0v) is 15.3. The molecular formula is C22H16N6O. The van der Waals surface area contributed by atoms with Crippen LogP contribution in [0.15, 0.2) is 74.0 Å². The van der Waals surface area contributed by atoms with Crippen LogP contribution >= 0.6 is 0 Å². The molecule has 0 spiro atoms. The smallest absolute Gasteiger partial charge is 0.248 e. The third kappa shape index (κ3) is 2.94. The van der Waals surface area contributed by atoms with Gasteiger partial charge in [0.2, 0.25) is 5.91 Å². The zero-order valence-electron chi connectivity index (χ0n) is 15.3. The number of hydrogen-bond donors (Lipinski definition) is 3. The highest BCUT2D eigenvalue weighted by atomic mass is 16.1. The summed E-state index contributed by atoms with van der Waals surface area (Å²) in [5.41, 5.74) is 5.61. The first-order valence-electron chi connectivity index (χ1n) is 9.02. The van der Waals surface area contributed by atoms with Gasteiger partial charge >= 0.3 is 0 Å². The maximum Gasteiger partial charge on any atom is 0.248 e. The highest BCUT2D eigenvalue weighted by Gasteiger charge is 2.13. The van der Waals surface area contributed by atoms with Crippen molar-refractivity contribution in [2.45, 2.75) is 0 Å².